The van der Waals surface area contributed by atoms with Gasteiger partial charge in [0, 0.05) is 18.1 Å². The normalized spacial score (nSPS) is 10.7. The lowest BCUT2D eigenvalue weighted by Crippen LogP contribution is -1.99. The lowest BCUT2D eigenvalue weighted by Gasteiger charge is -2.10. The summed E-state index contributed by atoms with van der Waals surface area (Å²) in [7, 11) is 0. The highest BCUT2D eigenvalue weighted by Gasteiger charge is 2.10. The third-order valence-corrected chi connectivity index (χ3v) is 3.52. The first-order valence-electron chi connectivity index (χ1n) is 6.28. The number of hydrogen-bond acceptors (Lipinski definition) is 3. The van der Waals surface area contributed by atoms with Crippen molar-refractivity contribution in [1.82, 2.24) is 4.98 Å². The molecule has 0 amide bonds. The highest BCUT2D eigenvalue weighted by molar-refractivity contribution is 6.32. The molecule has 0 aliphatic rings. The van der Waals surface area contributed by atoms with Crippen molar-refractivity contribution in [2.24, 2.45) is 5.73 Å². The van der Waals surface area contributed by atoms with Crippen molar-refractivity contribution in [3.8, 4) is 11.6 Å². The monoisotopic (exact) mass is 284 g/mol. The van der Waals surface area contributed by atoms with E-state index in [0.29, 0.717) is 17.4 Å². The summed E-state index contributed by atoms with van der Waals surface area (Å²) < 4.78 is 5.87. The molecule has 0 unspecified atom stereocenters. The number of halogens is 1. The third kappa shape index (κ3) is 2.33. The number of pyridine rings is 1. The number of ether oxygens (including phenoxy) is 1. The summed E-state index contributed by atoms with van der Waals surface area (Å²) >= 11 is 6.24. The number of aromatic nitrogens is 1. The van der Waals surface area contributed by atoms with Gasteiger partial charge in [-0.2, -0.15) is 0 Å². The predicted octanol–water partition coefficient (Wildman–Crippen LogP) is 4.14. The minimum absolute atomic E-state index is 0.354. The van der Waals surface area contributed by atoms with Gasteiger partial charge in [0.15, 0.2) is 0 Å². The van der Waals surface area contributed by atoms with Crippen molar-refractivity contribution in [2.75, 3.05) is 0 Å². The zero-order chi connectivity index (χ0) is 13.9. The van der Waals surface area contributed by atoms with Gasteiger partial charge in [-0.25, -0.2) is 4.98 Å². The van der Waals surface area contributed by atoms with Gasteiger partial charge in [0.1, 0.15) is 10.8 Å². The second kappa shape index (κ2) is 5.49. The van der Waals surface area contributed by atoms with Crippen LogP contribution >= 0.6 is 11.6 Å². The summed E-state index contributed by atoms with van der Waals surface area (Å²) in [4.78, 5) is 4.18. The summed E-state index contributed by atoms with van der Waals surface area (Å²) in [6.07, 6.45) is 1.65. The number of fused-ring (bicyclic) bond motifs is 1. The number of hydrogen-bond donors (Lipinski definition) is 1. The van der Waals surface area contributed by atoms with Crippen molar-refractivity contribution in [2.45, 2.75) is 6.54 Å². The molecule has 0 bridgehead atoms. The molecule has 2 aromatic carbocycles. The lowest BCUT2D eigenvalue weighted by molar-refractivity contribution is 0.467. The van der Waals surface area contributed by atoms with Gasteiger partial charge >= 0.3 is 0 Å². The van der Waals surface area contributed by atoms with E-state index in [1.54, 1.807) is 12.3 Å². The van der Waals surface area contributed by atoms with E-state index >= 15 is 0 Å². The molecule has 0 fully saturated rings. The first kappa shape index (κ1) is 12.9. The Morgan fingerprint density at radius 3 is 2.70 bits per heavy atom. The van der Waals surface area contributed by atoms with Crippen LogP contribution in [-0.4, -0.2) is 4.98 Å². The molecular formula is C16H13ClN2O. The van der Waals surface area contributed by atoms with Crippen LogP contribution in [-0.2, 0) is 6.54 Å². The lowest BCUT2D eigenvalue weighted by atomic mass is 10.1. The molecule has 3 nitrogen and oxygen atoms in total. The Balaban J connectivity index is 2.06. The smallest absolute Gasteiger partial charge is 0.238 e. The summed E-state index contributed by atoms with van der Waals surface area (Å²) in [5.74, 6) is 1.11. The van der Waals surface area contributed by atoms with E-state index in [9.17, 15) is 0 Å². The first-order valence-corrected chi connectivity index (χ1v) is 6.66. The summed E-state index contributed by atoms with van der Waals surface area (Å²) in [6, 6.07) is 15.7. The van der Waals surface area contributed by atoms with Gasteiger partial charge in [-0.05, 0) is 23.1 Å². The van der Waals surface area contributed by atoms with Crippen LogP contribution in [0.25, 0.3) is 10.8 Å². The molecule has 3 aromatic rings. The van der Waals surface area contributed by atoms with E-state index in [0.717, 1.165) is 22.1 Å². The van der Waals surface area contributed by atoms with Gasteiger partial charge in [0.2, 0.25) is 5.88 Å². The summed E-state index contributed by atoms with van der Waals surface area (Å²) in [6.45, 7) is 0.354. The molecule has 0 spiro atoms. The van der Waals surface area contributed by atoms with E-state index in [1.807, 2.05) is 42.5 Å². The van der Waals surface area contributed by atoms with Crippen LogP contribution < -0.4 is 10.5 Å². The third-order valence-electron chi connectivity index (χ3n) is 3.11. The van der Waals surface area contributed by atoms with Crippen LogP contribution in [0.4, 0.5) is 0 Å². The maximum Gasteiger partial charge on any atom is 0.238 e. The molecule has 0 radical (unpaired) electrons. The van der Waals surface area contributed by atoms with E-state index in [4.69, 9.17) is 22.1 Å². The predicted molar refractivity (Wildman–Crippen MR) is 81.2 cm³/mol. The molecule has 100 valence electrons. The summed E-state index contributed by atoms with van der Waals surface area (Å²) in [5, 5.41) is 2.59. The van der Waals surface area contributed by atoms with Crippen LogP contribution in [0.1, 0.15) is 5.56 Å². The Labute approximate surface area is 122 Å². The zero-order valence-corrected chi connectivity index (χ0v) is 11.5. The van der Waals surface area contributed by atoms with Gasteiger partial charge in [0.05, 0.1) is 0 Å². The average Bonchev–Trinajstić information content (AvgIpc) is 2.50. The Morgan fingerprint density at radius 2 is 1.85 bits per heavy atom. The fraction of sp³-hybridized carbons (Fsp3) is 0.0625. The van der Waals surface area contributed by atoms with Gasteiger partial charge in [-0.1, -0.05) is 48.0 Å². The second-order valence-corrected chi connectivity index (χ2v) is 4.75. The Kier molecular flexibility index (Phi) is 3.54. The van der Waals surface area contributed by atoms with Gasteiger partial charge in [0.25, 0.3) is 0 Å². The van der Waals surface area contributed by atoms with Crippen LogP contribution in [0.3, 0.4) is 0 Å². The molecule has 3 rings (SSSR count). The van der Waals surface area contributed by atoms with E-state index in [-0.39, 0.29) is 0 Å². The van der Waals surface area contributed by atoms with Crippen molar-refractivity contribution in [3.05, 3.63) is 65.3 Å². The minimum atomic E-state index is 0.354. The topological polar surface area (TPSA) is 48.1 Å². The van der Waals surface area contributed by atoms with Gasteiger partial charge < -0.3 is 10.5 Å². The highest BCUT2D eigenvalue weighted by atomic mass is 35.5. The highest BCUT2D eigenvalue weighted by Crippen LogP contribution is 2.33. The number of rotatable bonds is 3. The van der Waals surface area contributed by atoms with Crippen LogP contribution in [0.15, 0.2) is 54.7 Å². The fourth-order valence-electron chi connectivity index (χ4n) is 2.08. The van der Waals surface area contributed by atoms with Crippen molar-refractivity contribution >= 4 is 22.4 Å². The van der Waals surface area contributed by atoms with Gasteiger partial charge in [-0.15, -0.1) is 0 Å². The summed E-state index contributed by atoms with van der Waals surface area (Å²) in [5.41, 5.74) is 6.45. The minimum Gasteiger partial charge on any atom is -0.437 e. The fourth-order valence-corrected chi connectivity index (χ4v) is 2.31. The molecule has 4 heteroatoms. The average molecular weight is 285 g/mol. The second-order valence-electron chi connectivity index (χ2n) is 4.37. The zero-order valence-electron chi connectivity index (χ0n) is 10.7. The van der Waals surface area contributed by atoms with Crippen LogP contribution in [0.5, 0.6) is 11.6 Å². The maximum atomic E-state index is 6.24. The van der Waals surface area contributed by atoms with Crippen molar-refractivity contribution in [1.29, 1.82) is 0 Å². The Morgan fingerprint density at radius 1 is 1.05 bits per heavy atom. The van der Waals surface area contributed by atoms with E-state index < -0.39 is 0 Å². The van der Waals surface area contributed by atoms with Gasteiger partial charge in [-0.3, -0.25) is 0 Å². The molecule has 0 aliphatic carbocycles. The van der Waals surface area contributed by atoms with E-state index in [2.05, 4.69) is 4.98 Å². The van der Waals surface area contributed by atoms with Crippen LogP contribution in [0, 0.1) is 0 Å². The molecule has 2 N–H and O–H groups in total. The molecule has 1 heterocycles. The molecule has 1 aromatic heterocycles. The molecule has 0 atom stereocenters. The maximum absolute atomic E-state index is 6.24. The number of benzene rings is 2. The molecule has 0 saturated carbocycles. The molecule has 20 heavy (non-hydrogen) atoms. The largest absolute Gasteiger partial charge is 0.437 e. The number of nitrogens with two attached hydrogens (primary N) is 1. The Bertz CT molecular complexity index is 753. The van der Waals surface area contributed by atoms with Crippen molar-refractivity contribution in [3.63, 3.8) is 0 Å². The molecular weight excluding hydrogens is 272 g/mol. The van der Waals surface area contributed by atoms with E-state index in [1.165, 1.54) is 0 Å². The standard InChI is InChI=1S/C16H13ClN2O/c17-15-12(10-18)8-9-19-16(15)20-14-7-3-5-11-4-1-2-6-13(11)14/h1-9H,10,18H2. The molecule has 0 aliphatic heterocycles. The quantitative estimate of drug-likeness (QED) is 0.786. The molecule has 0 saturated heterocycles. The first-order chi connectivity index (χ1) is 9.79. The number of nitrogens with zero attached hydrogens (tertiary/aromatic N) is 1. The van der Waals surface area contributed by atoms with Crippen LogP contribution in [0.2, 0.25) is 5.02 Å². The SMILES string of the molecule is NCc1ccnc(Oc2cccc3ccccc23)c1Cl. The Hall–Kier alpha value is -2.10. The van der Waals surface area contributed by atoms with Crippen molar-refractivity contribution < 1.29 is 4.74 Å².